The lowest BCUT2D eigenvalue weighted by molar-refractivity contribution is 0.102. The van der Waals surface area contributed by atoms with E-state index in [1.165, 1.54) is 18.2 Å². The number of amides is 1. The predicted octanol–water partition coefficient (Wildman–Crippen LogP) is 3.92. The molecule has 0 bridgehead atoms. The summed E-state index contributed by atoms with van der Waals surface area (Å²) >= 11 is 11.3. The van der Waals surface area contributed by atoms with Crippen molar-refractivity contribution in [3.8, 4) is 0 Å². The van der Waals surface area contributed by atoms with Crippen LogP contribution in [0.1, 0.15) is 10.4 Å². The maximum Gasteiger partial charge on any atom is 0.256 e. The van der Waals surface area contributed by atoms with Gasteiger partial charge in [0.05, 0.1) is 0 Å². The van der Waals surface area contributed by atoms with Gasteiger partial charge in [-0.05, 0) is 24.3 Å². The molecule has 0 atom stereocenters. The van der Waals surface area contributed by atoms with E-state index in [9.17, 15) is 13.6 Å². The molecule has 1 aromatic carbocycles. The molecule has 1 amide bonds. The van der Waals surface area contributed by atoms with Crippen LogP contribution in [0.4, 0.5) is 14.5 Å². The summed E-state index contributed by atoms with van der Waals surface area (Å²) in [6, 6.07) is 5.74. The zero-order chi connectivity index (χ0) is 14.0. The molecule has 2 aromatic rings. The molecule has 0 aliphatic carbocycles. The summed E-state index contributed by atoms with van der Waals surface area (Å²) in [4.78, 5) is 15.5. The lowest BCUT2D eigenvalue weighted by Gasteiger charge is -2.07. The molecule has 98 valence electrons. The first kappa shape index (κ1) is 13.7. The quantitative estimate of drug-likeness (QED) is 0.854. The highest BCUT2D eigenvalue weighted by Crippen LogP contribution is 2.20. The van der Waals surface area contributed by atoms with E-state index in [1.54, 1.807) is 0 Å². The highest BCUT2D eigenvalue weighted by atomic mass is 35.5. The first-order valence-electron chi connectivity index (χ1n) is 5.06. The van der Waals surface area contributed by atoms with Crippen LogP contribution in [0.5, 0.6) is 0 Å². The van der Waals surface area contributed by atoms with Crippen LogP contribution >= 0.6 is 23.2 Å². The Labute approximate surface area is 117 Å². The highest BCUT2D eigenvalue weighted by molar-refractivity contribution is 6.33. The Hall–Kier alpha value is -1.72. The summed E-state index contributed by atoms with van der Waals surface area (Å²) in [5.74, 6) is -2.49. The van der Waals surface area contributed by atoms with Gasteiger partial charge >= 0.3 is 0 Å². The van der Waals surface area contributed by atoms with Crippen LogP contribution in [0, 0.1) is 11.6 Å². The Morgan fingerprint density at radius 2 is 1.63 bits per heavy atom. The monoisotopic (exact) mass is 302 g/mol. The molecule has 0 fully saturated rings. The maximum atomic E-state index is 13.4. The van der Waals surface area contributed by atoms with Gasteiger partial charge in [0.2, 0.25) is 0 Å². The molecule has 0 radical (unpaired) electrons. The Morgan fingerprint density at radius 1 is 1.11 bits per heavy atom. The van der Waals surface area contributed by atoms with E-state index < -0.39 is 23.2 Å². The van der Waals surface area contributed by atoms with Gasteiger partial charge in [-0.25, -0.2) is 13.8 Å². The van der Waals surface area contributed by atoms with E-state index >= 15 is 0 Å². The number of para-hydroxylation sites is 1. The molecule has 0 unspecified atom stereocenters. The van der Waals surface area contributed by atoms with Crippen molar-refractivity contribution in [3.63, 3.8) is 0 Å². The number of carbonyl (C=O) groups is 1. The third kappa shape index (κ3) is 3.19. The van der Waals surface area contributed by atoms with Crippen LogP contribution < -0.4 is 5.32 Å². The number of nitrogens with zero attached hydrogens (tertiary/aromatic N) is 1. The zero-order valence-electron chi connectivity index (χ0n) is 9.25. The van der Waals surface area contributed by atoms with Gasteiger partial charge in [0.15, 0.2) is 0 Å². The summed E-state index contributed by atoms with van der Waals surface area (Å²) in [6.07, 6.45) is 0. The number of aromatic nitrogens is 1. The normalized spacial score (nSPS) is 10.3. The number of anilines is 1. The minimum Gasteiger partial charge on any atom is -0.317 e. The van der Waals surface area contributed by atoms with E-state index in [0.717, 1.165) is 12.1 Å². The minimum atomic E-state index is -0.875. The second-order valence-corrected chi connectivity index (χ2v) is 4.33. The van der Waals surface area contributed by atoms with E-state index in [4.69, 9.17) is 23.2 Å². The Bertz CT molecular complexity index is 609. The van der Waals surface area contributed by atoms with Crippen LogP contribution in [-0.4, -0.2) is 10.9 Å². The van der Waals surface area contributed by atoms with Gasteiger partial charge in [0.1, 0.15) is 27.6 Å². The SMILES string of the molecule is O=C(Nc1c(F)cccc1F)c1cc(Cl)nc(Cl)c1. The fourth-order valence-corrected chi connectivity index (χ4v) is 1.86. The Kier molecular flexibility index (Phi) is 3.97. The Balaban J connectivity index is 2.31. The second kappa shape index (κ2) is 5.50. The van der Waals surface area contributed by atoms with E-state index in [2.05, 4.69) is 10.3 Å². The fraction of sp³-hybridized carbons (Fsp3) is 0. The molecule has 0 spiro atoms. The summed E-state index contributed by atoms with van der Waals surface area (Å²) in [5.41, 5.74) is -0.482. The van der Waals surface area contributed by atoms with Gasteiger partial charge in [0.25, 0.3) is 5.91 Å². The molecule has 0 aliphatic rings. The average molecular weight is 303 g/mol. The van der Waals surface area contributed by atoms with Crippen molar-refractivity contribution in [2.45, 2.75) is 0 Å². The summed E-state index contributed by atoms with van der Waals surface area (Å²) < 4.78 is 26.7. The van der Waals surface area contributed by atoms with Crippen molar-refractivity contribution in [1.82, 2.24) is 4.98 Å². The van der Waals surface area contributed by atoms with Crippen molar-refractivity contribution < 1.29 is 13.6 Å². The van der Waals surface area contributed by atoms with Crippen LogP contribution in [-0.2, 0) is 0 Å². The molecule has 1 aromatic heterocycles. The molecule has 0 saturated heterocycles. The number of hydrogen-bond acceptors (Lipinski definition) is 2. The molecule has 2 rings (SSSR count). The molecule has 19 heavy (non-hydrogen) atoms. The van der Waals surface area contributed by atoms with Crippen molar-refractivity contribution >= 4 is 34.8 Å². The number of pyridine rings is 1. The van der Waals surface area contributed by atoms with Crippen LogP contribution in [0.15, 0.2) is 30.3 Å². The topological polar surface area (TPSA) is 42.0 Å². The number of hydrogen-bond donors (Lipinski definition) is 1. The fourth-order valence-electron chi connectivity index (χ4n) is 1.40. The van der Waals surface area contributed by atoms with Crippen LogP contribution in [0.25, 0.3) is 0 Å². The van der Waals surface area contributed by atoms with Gasteiger partial charge in [-0.3, -0.25) is 4.79 Å². The number of halogens is 4. The van der Waals surface area contributed by atoms with Crippen molar-refractivity contribution in [3.05, 3.63) is 57.8 Å². The minimum absolute atomic E-state index is 0.00616. The van der Waals surface area contributed by atoms with Gasteiger partial charge in [-0.15, -0.1) is 0 Å². The van der Waals surface area contributed by atoms with Crippen LogP contribution in [0.2, 0.25) is 10.3 Å². The third-order valence-electron chi connectivity index (χ3n) is 2.23. The molecule has 3 nitrogen and oxygen atoms in total. The zero-order valence-corrected chi connectivity index (χ0v) is 10.8. The molecular weight excluding hydrogens is 297 g/mol. The molecule has 0 saturated carbocycles. The molecule has 1 N–H and O–H groups in total. The number of rotatable bonds is 2. The van der Waals surface area contributed by atoms with E-state index in [1.807, 2.05) is 0 Å². The number of carbonyl (C=O) groups excluding carboxylic acids is 1. The van der Waals surface area contributed by atoms with Gasteiger partial charge in [-0.2, -0.15) is 0 Å². The smallest absolute Gasteiger partial charge is 0.256 e. The summed E-state index contributed by atoms with van der Waals surface area (Å²) in [6.45, 7) is 0. The first-order valence-corrected chi connectivity index (χ1v) is 5.81. The average Bonchev–Trinajstić information content (AvgIpc) is 2.32. The standard InChI is InChI=1S/C12H6Cl2F2N2O/c13-9-4-6(5-10(14)17-9)12(19)18-11-7(15)2-1-3-8(11)16/h1-5H,(H,18,19). The summed E-state index contributed by atoms with van der Waals surface area (Å²) in [7, 11) is 0. The first-order chi connectivity index (χ1) is 8.97. The molecule has 0 aliphatic heterocycles. The van der Waals surface area contributed by atoms with E-state index in [-0.39, 0.29) is 15.9 Å². The maximum absolute atomic E-state index is 13.4. The number of benzene rings is 1. The van der Waals surface area contributed by atoms with Gasteiger partial charge in [0, 0.05) is 5.56 Å². The van der Waals surface area contributed by atoms with Crippen LogP contribution in [0.3, 0.4) is 0 Å². The predicted molar refractivity (Wildman–Crippen MR) is 68.6 cm³/mol. The second-order valence-electron chi connectivity index (χ2n) is 3.55. The third-order valence-corrected chi connectivity index (χ3v) is 2.61. The van der Waals surface area contributed by atoms with Gasteiger partial charge in [-0.1, -0.05) is 29.3 Å². The Morgan fingerprint density at radius 3 is 2.16 bits per heavy atom. The van der Waals surface area contributed by atoms with Crippen molar-refractivity contribution in [1.29, 1.82) is 0 Å². The summed E-state index contributed by atoms with van der Waals surface area (Å²) in [5, 5.41) is 2.13. The van der Waals surface area contributed by atoms with Crippen molar-refractivity contribution in [2.24, 2.45) is 0 Å². The lowest BCUT2D eigenvalue weighted by atomic mass is 10.2. The van der Waals surface area contributed by atoms with Crippen molar-refractivity contribution in [2.75, 3.05) is 5.32 Å². The molecule has 7 heteroatoms. The van der Waals surface area contributed by atoms with Gasteiger partial charge < -0.3 is 5.32 Å². The molecular formula is C12H6Cl2F2N2O. The van der Waals surface area contributed by atoms with E-state index in [0.29, 0.717) is 0 Å². The number of nitrogens with one attached hydrogen (secondary N) is 1. The lowest BCUT2D eigenvalue weighted by Crippen LogP contribution is -2.14. The largest absolute Gasteiger partial charge is 0.317 e. The molecule has 1 heterocycles. The highest BCUT2D eigenvalue weighted by Gasteiger charge is 2.14.